The molecule has 2 aromatic carbocycles. The summed E-state index contributed by atoms with van der Waals surface area (Å²) in [5.74, 6) is -0.478. The van der Waals surface area contributed by atoms with E-state index in [1.165, 1.54) is 18.2 Å². The Morgan fingerprint density at radius 1 is 1.09 bits per heavy atom. The fourth-order valence-electron chi connectivity index (χ4n) is 3.91. The number of amides is 2. The minimum absolute atomic E-state index is 0.0739. The molecule has 1 heterocycles. The molecule has 0 saturated carbocycles. The fourth-order valence-corrected chi connectivity index (χ4v) is 3.91. The number of furan rings is 1. The van der Waals surface area contributed by atoms with E-state index in [9.17, 15) is 14.0 Å². The van der Waals surface area contributed by atoms with Crippen molar-refractivity contribution >= 4 is 17.5 Å². The summed E-state index contributed by atoms with van der Waals surface area (Å²) < 4.78 is 19.8. The van der Waals surface area contributed by atoms with E-state index >= 15 is 0 Å². The van der Waals surface area contributed by atoms with Gasteiger partial charge in [-0.05, 0) is 37.5 Å². The van der Waals surface area contributed by atoms with Gasteiger partial charge in [0.05, 0.1) is 11.3 Å². The molecule has 164 valence electrons. The molecule has 1 aliphatic carbocycles. The van der Waals surface area contributed by atoms with E-state index in [0.29, 0.717) is 36.4 Å². The summed E-state index contributed by atoms with van der Waals surface area (Å²) in [6.07, 6.45) is 2.09. The van der Waals surface area contributed by atoms with Crippen molar-refractivity contribution in [3.05, 3.63) is 94.2 Å². The first-order valence-corrected chi connectivity index (χ1v) is 10.5. The number of nitrogens with zero attached hydrogens (tertiary/aromatic N) is 2. The number of hydrazone groups is 1. The van der Waals surface area contributed by atoms with Crippen LogP contribution in [0, 0.1) is 12.7 Å². The summed E-state index contributed by atoms with van der Waals surface area (Å²) in [4.78, 5) is 27.0. The summed E-state index contributed by atoms with van der Waals surface area (Å²) in [5.41, 5.74) is 5.47. The topological polar surface area (TPSA) is 74.9 Å². The fraction of sp³-hybridized carbons (Fsp3) is 0.240. The lowest BCUT2D eigenvalue weighted by Crippen LogP contribution is -2.26. The van der Waals surface area contributed by atoms with Gasteiger partial charge in [0.2, 0.25) is 0 Å². The summed E-state index contributed by atoms with van der Waals surface area (Å²) >= 11 is 0. The van der Waals surface area contributed by atoms with E-state index in [4.69, 9.17) is 4.42 Å². The van der Waals surface area contributed by atoms with Crippen LogP contribution in [0.25, 0.3) is 0 Å². The molecule has 32 heavy (non-hydrogen) atoms. The van der Waals surface area contributed by atoms with Crippen molar-refractivity contribution < 1.29 is 18.4 Å². The minimum Gasteiger partial charge on any atom is -0.455 e. The third kappa shape index (κ3) is 4.32. The maximum Gasteiger partial charge on any atom is 0.289 e. The molecule has 3 aromatic rings. The third-order valence-electron chi connectivity index (χ3n) is 5.54. The molecule has 7 heteroatoms. The van der Waals surface area contributed by atoms with Crippen LogP contribution in [-0.4, -0.2) is 29.5 Å². The Labute approximate surface area is 185 Å². The van der Waals surface area contributed by atoms with E-state index in [-0.39, 0.29) is 17.2 Å². The molecular formula is C25H24FN3O3. The number of nitrogens with one attached hydrogen (secondary N) is 1. The van der Waals surface area contributed by atoms with Gasteiger partial charge in [0.15, 0.2) is 5.76 Å². The molecule has 1 N–H and O–H groups in total. The smallest absolute Gasteiger partial charge is 0.289 e. The van der Waals surface area contributed by atoms with E-state index in [1.807, 2.05) is 37.3 Å². The molecule has 1 aromatic heterocycles. The van der Waals surface area contributed by atoms with E-state index in [2.05, 4.69) is 10.5 Å². The lowest BCUT2D eigenvalue weighted by molar-refractivity contribution is 0.0750. The molecule has 0 spiro atoms. The zero-order chi connectivity index (χ0) is 22.7. The van der Waals surface area contributed by atoms with Crippen molar-refractivity contribution in [2.75, 3.05) is 7.05 Å². The number of fused-ring (bicyclic) bond motifs is 1. The molecule has 0 aliphatic heterocycles. The first-order valence-electron chi connectivity index (χ1n) is 10.5. The Hall–Kier alpha value is -3.74. The van der Waals surface area contributed by atoms with Crippen molar-refractivity contribution in [1.29, 1.82) is 0 Å². The summed E-state index contributed by atoms with van der Waals surface area (Å²) in [6.45, 7) is 2.29. The number of hydrogen-bond donors (Lipinski definition) is 1. The Morgan fingerprint density at radius 3 is 2.56 bits per heavy atom. The van der Waals surface area contributed by atoms with E-state index in [0.717, 1.165) is 17.5 Å². The van der Waals surface area contributed by atoms with Crippen LogP contribution in [0.5, 0.6) is 0 Å². The van der Waals surface area contributed by atoms with Crippen LogP contribution in [0.3, 0.4) is 0 Å². The van der Waals surface area contributed by atoms with Crippen LogP contribution in [-0.2, 0) is 13.0 Å². The highest BCUT2D eigenvalue weighted by Crippen LogP contribution is 2.30. The Balaban J connectivity index is 1.56. The first-order chi connectivity index (χ1) is 15.5. The van der Waals surface area contributed by atoms with Crippen LogP contribution >= 0.6 is 0 Å². The highest BCUT2D eigenvalue weighted by atomic mass is 19.1. The number of hydrogen-bond acceptors (Lipinski definition) is 4. The number of aryl methyl sites for hydroxylation is 1. The second-order valence-electron chi connectivity index (χ2n) is 7.83. The zero-order valence-electron chi connectivity index (χ0n) is 18.0. The molecule has 6 nitrogen and oxygen atoms in total. The van der Waals surface area contributed by atoms with E-state index in [1.54, 1.807) is 18.0 Å². The third-order valence-corrected chi connectivity index (χ3v) is 5.54. The Morgan fingerprint density at radius 2 is 1.81 bits per heavy atom. The van der Waals surface area contributed by atoms with Gasteiger partial charge in [-0.25, -0.2) is 9.82 Å². The van der Waals surface area contributed by atoms with Crippen molar-refractivity contribution in [2.24, 2.45) is 5.10 Å². The van der Waals surface area contributed by atoms with Gasteiger partial charge in [0, 0.05) is 31.1 Å². The molecule has 0 fully saturated rings. The van der Waals surface area contributed by atoms with Gasteiger partial charge in [-0.15, -0.1) is 0 Å². The second-order valence-corrected chi connectivity index (χ2v) is 7.83. The molecule has 0 saturated heterocycles. The number of halogens is 1. The number of benzene rings is 2. The van der Waals surface area contributed by atoms with Crippen LogP contribution in [0.15, 0.2) is 64.1 Å². The monoisotopic (exact) mass is 433 g/mol. The van der Waals surface area contributed by atoms with Crippen molar-refractivity contribution in [3.8, 4) is 0 Å². The number of carbonyl (C=O) groups is 2. The predicted molar refractivity (Wildman–Crippen MR) is 119 cm³/mol. The zero-order valence-corrected chi connectivity index (χ0v) is 18.0. The second kappa shape index (κ2) is 9.18. The average molecular weight is 433 g/mol. The number of carbonyl (C=O) groups excluding carboxylic acids is 2. The van der Waals surface area contributed by atoms with Crippen LogP contribution < -0.4 is 5.43 Å². The first kappa shape index (κ1) is 21.5. The predicted octanol–water partition coefficient (Wildman–Crippen LogP) is 4.47. The van der Waals surface area contributed by atoms with Gasteiger partial charge in [-0.1, -0.05) is 42.5 Å². The molecule has 2 amide bonds. The minimum atomic E-state index is -0.622. The lowest BCUT2D eigenvalue weighted by Gasteiger charge is -2.16. The maximum atomic E-state index is 13.9. The van der Waals surface area contributed by atoms with Crippen molar-refractivity contribution in [1.82, 2.24) is 10.3 Å². The van der Waals surface area contributed by atoms with Gasteiger partial charge < -0.3 is 9.32 Å². The standard InChI is InChI=1S/C25H24FN3O3/c1-16-22-20(27-28-24(30)18-11-6-7-12-19(18)26)13-8-14-21(22)32-23(16)25(31)29(2)15-17-9-4-3-5-10-17/h3-7,9-12H,8,13-15H2,1-2H3,(H,28,30)/b27-20+. The van der Waals surface area contributed by atoms with E-state index < -0.39 is 11.7 Å². The van der Waals surface area contributed by atoms with Gasteiger partial charge in [0.25, 0.3) is 11.8 Å². The van der Waals surface area contributed by atoms with Crippen LogP contribution in [0.2, 0.25) is 0 Å². The summed E-state index contributed by atoms with van der Waals surface area (Å²) in [5, 5.41) is 4.25. The highest BCUT2D eigenvalue weighted by Gasteiger charge is 2.29. The average Bonchev–Trinajstić information content (AvgIpc) is 3.15. The summed E-state index contributed by atoms with van der Waals surface area (Å²) in [7, 11) is 1.74. The van der Waals surface area contributed by atoms with Gasteiger partial charge in [0.1, 0.15) is 11.6 Å². The molecule has 0 bridgehead atoms. The van der Waals surface area contributed by atoms with Crippen molar-refractivity contribution in [3.63, 3.8) is 0 Å². The normalized spacial score (nSPS) is 14.2. The largest absolute Gasteiger partial charge is 0.455 e. The van der Waals surface area contributed by atoms with Crippen LogP contribution in [0.4, 0.5) is 4.39 Å². The van der Waals surface area contributed by atoms with Crippen LogP contribution in [0.1, 0.15) is 56.2 Å². The Bertz CT molecular complexity index is 1180. The number of rotatable bonds is 5. The molecular weight excluding hydrogens is 409 g/mol. The molecule has 0 radical (unpaired) electrons. The quantitative estimate of drug-likeness (QED) is 0.604. The molecule has 4 rings (SSSR count). The SMILES string of the molecule is Cc1c(C(=O)N(C)Cc2ccccc2)oc2c1/C(=N/NC(=O)c1ccccc1F)CCC2. The van der Waals surface area contributed by atoms with Gasteiger partial charge in [-0.3, -0.25) is 9.59 Å². The molecule has 0 unspecified atom stereocenters. The van der Waals surface area contributed by atoms with Crippen molar-refractivity contribution in [2.45, 2.75) is 32.7 Å². The summed E-state index contributed by atoms with van der Waals surface area (Å²) in [6, 6.07) is 15.5. The lowest BCUT2D eigenvalue weighted by atomic mass is 9.93. The maximum absolute atomic E-state index is 13.9. The van der Waals surface area contributed by atoms with Gasteiger partial charge >= 0.3 is 0 Å². The highest BCUT2D eigenvalue weighted by molar-refractivity contribution is 6.07. The molecule has 0 atom stereocenters. The Kier molecular flexibility index (Phi) is 6.16. The van der Waals surface area contributed by atoms with Gasteiger partial charge in [-0.2, -0.15) is 5.10 Å². The molecule has 1 aliphatic rings.